The Morgan fingerprint density at radius 2 is 2.36 bits per heavy atom. The average Bonchev–Trinajstić information content (AvgIpc) is 1.85. The van der Waals surface area contributed by atoms with Gasteiger partial charge in [0.05, 0.1) is 5.69 Å². The van der Waals surface area contributed by atoms with Crippen molar-refractivity contribution in [2.24, 2.45) is 0 Å². The minimum Gasteiger partial charge on any atom is -0.384 e. The second kappa shape index (κ2) is 3.14. The van der Waals surface area contributed by atoms with Gasteiger partial charge >= 0.3 is 0 Å². The van der Waals surface area contributed by atoms with Crippen LogP contribution in [0.4, 0.5) is 5.82 Å². The molecule has 0 atom stereocenters. The van der Waals surface area contributed by atoms with Gasteiger partial charge in [0.1, 0.15) is 11.6 Å². The summed E-state index contributed by atoms with van der Waals surface area (Å²) in [6, 6.07) is 5.28. The molecule has 1 aromatic heterocycles. The van der Waals surface area contributed by atoms with Crippen LogP contribution in [-0.4, -0.2) is 10.8 Å². The molecule has 0 radical (unpaired) electrons. The lowest BCUT2D eigenvalue weighted by molar-refractivity contribution is -0.116. The van der Waals surface area contributed by atoms with E-state index in [0.29, 0.717) is 12.2 Å². The van der Waals surface area contributed by atoms with Crippen molar-refractivity contribution in [3.05, 3.63) is 23.9 Å². The van der Waals surface area contributed by atoms with Crippen molar-refractivity contribution in [3.63, 3.8) is 0 Å². The summed E-state index contributed by atoms with van der Waals surface area (Å²) in [5.41, 5.74) is 6.15. The first-order chi connectivity index (χ1) is 5.18. The first-order valence-electron chi connectivity index (χ1n) is 3.39. The summed E-state index contributed by atoms with van der Waals surface area (Å²) in [5, 5.41) is 0. The van der Waals surface area contributed by atoms with E-state index in [1.54, 1.807) is 18.2 Å². The van der Waals surface area contributed by atoms with Gasteiger partial charge in [0, 0.05) is 6.42 Å². The maximum absolute atomic E-state index is 10.6. The van der Waals surface area contributed by atoms with Crippen molar-refractivity contribution in [1.29, 1.82) is 0 Å². The van der Waals surface area contributed by atoms with Crippen molar-refractivity contribution in [2.45, 2.75) is 13.3 Å². The summed E-state index contributed by atoms with van der Waals surface area (Å²) in [5.74, 6) is 0.562. The standard InChI is InChI=1S/C8H10N2O/c1-6(11)5-7-3-2-4-8(9)10-7/h2-4H,5H2,1H3,(H2,9,10). The number of carbonyl (C=O) groups excluding carboxylic acids is 1. The number of nitrogens with two attached hydrogens (primary N) is 1. The van der Waals surface area contributed by atoms with Gasteiger partial charge in [-0.25, -0.2) is 4.98 Å². The lowest BCUT2D eigenvalue weighted by atomic mass is 10.2. The summed E-state index contributed by atoms with van der Waals surface area (Å²) in [6.07, 6.45) is 0.366. The molecule has 1 rings (SSSR count). The molecule has 0 amide bonds. The van der Waals surface area contributed by atoms with Gasteiger partial charge in [-0.1, -0.05) is 6.07 Å². The predicted molar refractivity (Wildman–Crippen MR) is 43.0 cm³/mol. The van der Waals surface area contributed by atoms with E-state index in [1.165, 1.54) is 6.92 Å². The van der Waals surface area contributed by atoms with E-state index in [-0.39, 0.29) is 5.78 Å². The molecule has 0 spiro atoms. The molecule has 3 nitrogen and oxygen atoms in total. The zero-order valence-corrected chi connectivity index (χ0v) is 6.37. The highest BCUT2D eigenvalue weighted by molar-refractivity contribution is 5.77. The summed E-state index contributed by atoms with van der Waals surface area (Å²) in [7, 11) is 0. The van der Waals surface area contributed by atoms with Gasteiger partial charge in [-0.05, 0) is 19.1 Å². The Morgan fingerprint density at radius 3 is 2.91 bits per heavy atom. The minimum absolute atomic E-state index is 0.100. The Hall–Kier alpha value is -1.38. The zero-order valence-electron chi connectivity index (χ0n) is 6.37. The van der Waals surface area contributed by atoms with Crippen LogP contribution in [-0.2, 0) is 11.2 Å². The van der Waals surface area contributed by atoms with Crippen LogP contribution in [0.15, 0.2) is 18.2 Å². The monoisotopic (exact) mass is 150 g/mol. The third-order valence-electron chi connectivity index (χ3n) is 1.26. The number of hydrogen-bond acceptors (Lipinski definition) is 3. The van der Waals surface area contributed by atoms with Gasteiger partial charge in [-0.3, -0.25) is 4.79 Å². The predicted octanol–water partition coefficient (Wildman–Crippen LogP) is 0.795. The Balaban J connectivity index is 2.79. The maximum Gasteiger partial charge on any atom is 0.135 e. The largest absolute Gasteiger partial charge is 0.384 e. The number of nitrogens with zero attached hydrogens (tertiary/aromatic N) is 1. The number of aromatic nitrogens is 1. The van der Waals surface area contributed by atoms with Gasteiger partial charge in [-0.15, -0.1) is 0 Å². The number of nitrogen functional groups attached to an aromatic ring is 1. The van der Waals surface area contributed by atoms with E-state index in [2.05, 4.69) is 4.98 Å². The van der Waals surface area contributed by atoms with Crippen molar-refractivity contribution in [1.82, 2.24) is 4.98 Å². The smallest absolute Gasteiger partial charge is 0.135 e. The first-order valence-corrected chi connectivity index (χ1v) is 3.39. The first kappa shape index (κ1) is 7.72. The molecule has 0 saturated heterocycles. The van der Waals surface area contributed by atoms with Crippen molar-refractivity contribution >= 4 is 11.6 Å². The fraction of sp³-hybridized carbons (Fsp3) is 0.250. The van der Waals surface area contributed by atoms with Gasteiger partial charge in [0.2, 0.25) is 0 Å². The van der Waals surface area contributed by atoms with E-state index < -0.39 is 0 Å². The molecule has 11 heavy (non-hydrogen) atoms. The number of carbonyl (C=O) groups is 1. The fourth-order valence-electron chi connectivity index (χ4n) is 0.852. The van der Waals surface area contributed by atoms with Crippen LogP contribution in [0, 0.1) is 0 Å². The lowest BCUT2D eigenvalue weighted by Gasteiger charge is -1.96. The Morgan fingerprint density at radius 1 is 1.64 bits per heavy atom. The molecule has 58 valence electrons. The molecular weight excluding hydrogens is 140 g/mol. The summed E-state index contributed by atoms with van der Waals surface area (Å²) in [6.45, 7) is 1.53. The number of pyridine rings is 1. The van der Waals surface area contributed by atoms with E-state index in [4.69, 9.17) is 5.73 Å². The fourth-order valence-corrected chi connectivity index (χ4v) is 0.852. The van der Waals surface area contributed by atoms with Crippen LogP contribution in [0.3, 0.4) is 0 Å². The molecule has 0 bridgehead atoms. The molecule has 0 aromatic carbocycles. The van der Waals surface area contributed by atoms with Crippen LogP contribution in [0.5, 0.6) is 0 Å². The van der Waals surface area contributed by atoms with Crippen LogP contribution in [0.1, 0.15) is 12.6 Å². The molecule has 0 aliphatic heterocycles. The topological polar surface area (TPSA) is 56.0 Å². The number of Topliss-reactive ketones (excluding diaryl/α,β-unsaturated/α-hetero) is 1. The Kier molecular flexibility index (Phi) is 2.21. The number of anilines is 1. The van der Waals surface area contributed by atoms with E-state index in [9.17, 15) is 4.79 Å². The lowest BCUT2D eigenvalue weighted by Crippen LogP contribution is -2.00. The van der Waals surface area contributed by atoms with E-state index in [1.807, 2.05) is 0 Å². The van der Waals surface area contributed by atoms with Crippen molar-refractivity contribution in [2.75, 3.05) is 5.73 Å². The van der Waals surface area contributed by atoms with Gasteiger partial charge in [0.15, 0.2) is 0 Å². The number of hydrogen-bond donors (Lipinski definition) is 1. The minimum atomic E-state index is 0.100. The molecule has 1 heterocycles. The second-order valence-corrected chi connectivity index (χ2v) is 2.43. The molecule has 0 saturated carbocycles. The second-order valence-electron chi connectivity index (χ2n) is 2.43. The highest BCUT2D eigenvalue weighted by Crippen LogP contribution is 2.00. The van der Waals surface area contributed by atoms with Crippen LogP contribution >= 0.6 is 0 Å². The number of ketones is 1. The quantitative estimate of drug-likeness (QED) is 0.678. The van der Waals surface area contributed by atoms with Gasteiger partial charge in [0.25, 0.3) is 0 Å². The molecule has 1 aromatic rings. The van der Waals surface area contributed by atoms with Crippen molar-refractivity contribution in [3.8, 4) is 0 Å². The van der Waals surface area contributed by atoms with Crippen LogP contribution < -0.4 is 5.73 Å². The van der Waals surface area contributed by atoms with E-state index in [0.717, 1.165) is 5.69 Å². The Bertz CT molecular complexity index is 271. The highest BCUT2D eigenvalue weighted by Gasteiger charge is 1.97. The van der Waals surface area contributed by atoms with Crippen molar-refractivity contribution < 1.29 is 4.79 Å². The molecule has 0 aliphatic carbocycles. The molecule has 3 heteroatoms. The molecule has 2 N–H and O–H groups in total. The highest BCUT2D eigenvalue weighted by atomic mass is 16.1. The average molecular weight is 150 g/mol. The van der Waals surface area contributed by atoms with Crippen LogP contribution in [0.2, 0.25) is 0 Å². The van der Waals surface area contributed by atoms with Crippen LogP contribution in [0.25, 0.3) is 0 Å². The third kappa shape index (κ3) is 2.37. The molecule has 0 fully saturated rings. The number of rotatable bonds is 2. The Labute approximate surface area is 65.2 Å². The summed E-state index contributed by atoms with van der Waals surface area (Å²) < 4.78 is 0. The zero-order chi connectivity index (χ0) is 8.27. The third-order valence-corrected chi connectivity index (χ3v) is 1.26. The SMILES string of the molecule is CC(=O)Cc1cccc(N)n1. The van der Waals surface area contributed by atoms with Gasteiger partial charge < -0.3 is 5.73 Å². The molecule has 0 aliphatic rings. The normalized spacial score (nSPS) is 9.55. The van der Waals surface area contributed by atoms with Gasteiger partial charge in [-0.2, -0.15) is 0 Å². The molecule has 0 unspecified atom stereocenters. The summed E-state index contributed by atoms with van der Waals surface area (Å²) >= 11 is 0. The maximum atomic E-state index is 10.6. The summed E-state index contributed by atoms with van der Waals surface area (Å²) in [4.78, 5) is 14.6. The van der Waals surface area contributed by atoms with E-state index >= 15 is 0 Å². The molecular formula is C8H10N2O.